The second kappa shape index (κ2) is 5.35. The van der Waals surface area contributed by atoms with E-state index in [2.05, 4.69) is 20.7 Å². The molecule has 0 fully saturated rings. The predicted molar refractivity (Wildman–Crippen MR) is 77.6 cm³/mol. The van der Waals surface area contributed by atoms with Gasteiger partial charge in [-0.15, -0.1) is 5.10 Å². The van der Waals surface area contributed by atoms with E-state index < -0.39 is 0 Å². The molecule has 0 unspecified atom stereocenters. The molecule has 21 heavy (non-hydrogen) atoms. The molecule has 0 spiro atoms. The lowest BCUT2D eigenvalue weighted by Gasteiger charge is -2.07. The molecule has 0 aliphatic heterocycles. The number of hydrogen-bond donors (Lipinski definition) is 1. The highest BCUT2D eigenvalue weighted by molar-refractivity contribution is 5.97. The Morgan fingerprint density at radius 1 is 1.33 bits per heavy atom. The van der Waals surface area contributed by atoms with Crippen molar-refractivity contribution in [3.05, 3.63) is 41.7 Å². The smallest absolute Gasteiger partial charge is 0.251 e. The Hall–Kier alpha value is -2.70. The Morgan fingerprint density at radius 3 is 3.00 bits per heavy atom. The maximum atomic E-state index is 12.2. The molecule has 108 valence electrons. The molecule has 0 saturated carbocycles. The molecular weight excluding hydrogens is 268 g/mol. The predicted octanol–water partition coefficient (Wildman–Crippen LogP) is 1.11. The third-order valence-corrected chi connectivity index (χ3v) is 3.41. The van der Waals surface area contributed by atoms with Gasteiger partial charge in [0.2, 0.25) is 0 Å². The van der Waals surface area contributed by atoms with Gasteiger partial charge in [0.05, 0.1) is 17.8 Å². The summed E-state index contributed by atoms with van der Waals surface area (Å²) in [6, 6.07) is 7.27. The fourth-order valence-corrected chi connectivity index (χ4v) is 2.25. The van der Waals surface area contributed by atoms with E-state index in [0.717, 1.165) is 17.8 Å². The van der Waals surface area contributed by atoms with Gasteiger partial charge in [-0.25, -0.2) is 4.68 Å². The minimum Gasteiger partial charge on any atom is -0.346 e. The molecule has 0 aliphatic carbocycles. The molecule has 3 aromatic rings. The van der Waals surface area contributed by atoms with Crippen LogP contribution in [0.5, 0.6) is 0 Å². The Balaban J connectivity index is 1.74. The Morgan fingerprint density at radius 2 is 2.19 bits per heavy atom. The van der Waals surface area contributed by atoms with Crippen molar-refractivity contribution in [3.8, 4) is 0 Å². The first kappa shape index (κ1) is 13.3. The van der Waals surface area contributed by atoms with Crippen molar-refractivity contribution in [1.82, 2.24) is 30.1 Å². The zero-order valence-electron chi connectivity index (χ0n) is 11.9. The van der Waals surface area contributed by atoms with Crippen LogP contribution in [0.3, 0.4) is 0 Å². The van der Waals surface area contributed by atoms with E-state index in [9.17, 15) is 4.79 Å². The fourth-order valence-electron chi connectivity index (χ4n) is 2.25. The summed E-state index contributed by atoms with van der Waals surface area (Å²) in [7, 11) is 1.82. The number of aromatic nitrogens is 5. The van der Waals surface area contributed by atoms with E-state index in [-0.39, 0.29) is 5.91 Å². The molecule has 2 heterocycles. The molecule has 0 radical (unpaired) electrons. The average molecular weight is 284 g/mol. The minimum absolute atomic E-state index is 0.133. The normalized spacial score (nSPS) is 11.0. The van der Waals surface area contributed by atoms with Crippen LogP contribution in [0, 0.1) is 0 Å². The van der Waals surface area contributed by atoms with Gasteiger partial charge in [-0.05, 0) is 31.2 Å². The zero-order chi connectivity index (χ0) is 14.8. The van der Waals surface area contributed by atoms with Gasteiger partial charge in [0.25, 0.3) is 5.91 Å². The van der Waals surface area contributed by atoms with Crippen LogP contribution in [0.1, 0.15) is 23.0 Å². The summed E-state index contributed by atoms with van der Waals surface area (Å²) in [5.74, 6) is -0.133. The minimum atomic E-state index is -0.133. The van der Waals surface area contributed by atoms with Crippen LogP contribution >= 0.6 is 0 Å². The Bertz CT molecular complexity index is 788. The van der Waals surface area contributed by atoms with Gasteiger partial charge in [0, 0.05) is 25.4 Å². The van der Waals surface area contributed by atoms with Crippen LogP contribution in [-0.4, -0.2) is 30.7 Å². The van der Waals surface area contributed by atoms with Crippen molar-refractivity contribution in [1.29, 1.82) is 0 Å². The summed E-state index contributed by atoms with van der Waals surface area (Å²) in [4.78, 5) is 12.2. The van der Waals surface area contributed by atoms with Crippen molar-refractivity contribution in [2.75, 3.05) is 0 Å². The number of hydrogen-bond acceptors (Lipinski definition) is 4. The van der Waals surface area contributed by atoms with E-state index in [1.54, 1.807) is 23.0 Å². The molecule has 2 aromatic heterocycles. The second-order valence-electron chi connectivity index (χ2n) is 4.74. The summed E-state index contributed by atoms with van der Waals surface area (Å²) < 4.78 is 3.53. The van der Waals surface area contributed by atoms with Crippen molar-refractivity contribution in [3.63, 3.8) is 0 Å². The summed E-state index contributed by atoms with van der Waals surface area (Å²) in [5.41, 5.74) is 3.16. The summed E-state index contributed by atoms with van der Waals surface area (Å²) in [6.45, 7) is 3.25. The number of aryl methyl sites for hydroxylation is 2. The van der Waals surface area contributed by atoms with Crippen LogP contribution in [0.2, 0.25) is 0 Å². The summed E-state index contributed by atoms with van der Waals surface area (Å²) in [5, 5.41) is 15.0. The molecule has 1 N–H and O–H groups in total. The molecule has 7 nitrogen and oxygen atoms in total. The SMILES string of the molecule is CCn1nccc1CNC(=O)c1ccc2c(c1)nnn2C. The van der Waals surface area contributed by atoms with Crippen LogP contribution in [-0.2, 0) is 20.1 Å². The number of carbonyl (C=O) groups is 1. The van der Waals surface area contributed by atoms with Gasteiger partial charge in [0.15, 0.2) is 0 Å². The van der Waals surface area contributed by atoms with E-state index in [4.69, 9.17) is 0 Å². The van der Waals surface area contributed by atoms with E-state index in [1.807, 2.05) is 30.8 Å². The molecule has 1 amide bonds. The van der Waals surface area contributed by atoms with Crippen molar-refractivity contribution in [2.24, 2.45) is 7.05 Å². The van der Waals surface area contributed by atoms with Crippen LogP contribution in [0.4, 0.5) is 0 Å². The van der Waals surface area contributed by atoms with Gasteiger partial charge < -0.3 is 5.32 Å². The molecule has 0 bridgehead atoms. The third-order valence-electron chi connectivity index (χ3n) is 3.41. The lowest BCUT2D eigenvalue weighted by atomic mass is 10.2. The summed E-state index contributed by atoms with van der Waals surface area (Å²) in [6.07, 6.45) is 1.73. The standard InChI is InChI=1S/C14H16N6O/c1-3-20-11(6-7-16-20)9-15-14(21)10-4-5-13-12(8-10)17-18-19(13)2/h4-8H,3,9H2,1-2H3,(H,15,21). The van der Waals surface area contributed by atoms with Crippen LogP contribution in [0.25, 0.3) is 11.0 Å². The van der Waals surface area contributed by atoms with E-state index >= 15 is 0 Å². The molecule has 1 aromatic carbocycles. The Kier molecular flexibility index (Phi) is 3.39. The fraction of sp³-hybridized carbons (Fsp3) is 0.286. The molecule has 0 atom stereocenters. The zero-order valence-corrected chi connectivity index (χ0v) is 11.9. The number of amides is 1. The van der Waals surface area contributed by atoms with Crippen molar-refractivity contribution < 1.29 is 4.79 Å². The molecule has 7 heteroatoms. The number of fused-ring (bicyclic) bond motifs is 1. The molecular formula is C14H16N6O. The largest absolute Gasteiger partial charge is 0.346 e. The number of rotatable bonds is 4. The third kappa shape index (κ3) is 2.49. The number of benzene rings is 1. The van der Waals surface area contributed by atoms with Gasteiger partial charge in [-0.1, -0.05) is 5.21 Å². The number of nitrogens with one attached hydrogen (secondary N) is 1. The molecule has 0 saturated heterocycles. The molecule has 3 rings (SSSR count). The lowest BCUT2D eigenvalue weighted by molar-refractivity contribution is 0.0950. The van der Waals surface area contributed by atoms with Gasteiger partial charge in [-0.3, -0.25) is 9.48 Å². The first-order valence-corrected chi connectivity index (χ1v) is 6.77. The highest BCUT2D eigenvalue weighted by atomic mass is 16.1. The monoisotopic (exact) mass is 284 g/mol. The van der Waals surface area contributed by atoms with Gasteiger partial charge >= 0.3 is 0 Å². The highest BCUT2D eigenvalue weighted by Crippen LogP contribution is 2.12. The van der Waals surface area contributed by atoms with Crippen LogP contribution < -0.4 is 5.32 Å². The number of carbonyl (C=O) groups excluding carboxylic acids is 1. The first-order valence-electron chi connectivity index (χ1n) is 6.77. The van der Waals surface area contributed by atoms with E-state index in [1.165, 1.54) is 0 Å². The van der Waals surface area contributed by atoms with E-state index in [0.29, 0.717) is 17.6 Å². The maximum Gasteiger partial charge on any atom is 0.251 e. The van der Waals surface area contributed by atoms with Crippen molar-refractivity contribution in [2.45, 2.75) is 20.0 Å². The van der Waals surface area contributed by atoms with Gasteiger partial charge in [0.1, 0.15) is 5.52 Å². The van der Waals surface area contributed by atoms with Crippen molar-refractivity contribution >= 4 is 16.9 Å². The second-order valence-corrected chi connectivity index (χ2v) is 4.74. The summed E-state index contributed by atoms with van der Waals surface area (Å²) >= 11 is 0. The first-order chi connectivity index (χ1) is 10.2. The molecule has 0 aliphatic rings. The highest BCUT2D eigenvalue weighted by Gasteiger charge is 2.10. The average Bonchev–Trinajstić information content (AvgIpc) is 3.11. The maximum absolute atomic E-state index is 12.2. The quantitative estimate of drug-likeness (QED) is 0.778. The Labute approximate surface area is 121 Å². The van der Waals surface area contributed by atoms with Gasteiger partial charge in [-0.2, -0.15) is 5.10 Å². The number of nitrogens with zero attached hydrogens (tertiary/aromatic N) is 5. The van der Waals surface area contributed by atoms with Crippen LogP contribution in [0.15, 0.2) is 30.5 Å². The topological polar surface area (TPSA) is 77.6 Å². The lowest BCUT2D eigenvalue weighted by Crippen LogP contribution is -2.24.